The minimum absolute atomic E-state index is 0.114. The molecule has 3 nitrogen and oxygen atoms in total. The second-order valence-electron chi connectivity index (χ2n) is 4.89. The lowest BCUT2D eigenvalue weighted by molar-refractivity contribution is 0.612. The first-order valence-electron chi connectivity index (χ1n) is 6.31. The van der Waals surface area contributed by atoms with Gasteiger partial charge in [0.1, 0.15) is 17.5 Å². The van der Waals surface area contributed by atoms with E-state index in [1.807, 2.05) is 0 Å². The van der Waals surface area contributed by atoms with Crippen LogP contribution in [0.1, 0.15) is 35.8 Å². The van der Waals surface area contributed by atoms with Crippen molar-refractivity contribution in [3.8, 4) is 0 Å². The molecule has 1 fully saturated rings. The van der Waals surface area contributed by atoms with Crippen molar-refractivity contribution in [2.45, 2.75) is 25.2 Å². The fourth-order valence-corrected chi connectivity index (χ4v) is 2.97. The van der Waals surface area contributed by atoms with Gasteiger partial charge in [0.25, 0.3) is 0 Å². The smallest absolute Gasteiger partial charge is 0.145 e. The third-order valence-electron chi connectivity index (χ3n) is 3.29. The van der Waals surface area contributed by atoms with Gasteiger partial charge >= 0.3 is 0 Å². The highest BCUT2D eigenvalue weighted by molar-refractivity contribution is 14.1. The summed E-state index contributed by atoms with van der Waals surface area (Å²) in [5.74, 6) is 1.09. The molecule has 6 heteroatoms. The SMILES string of the molecule is Nc1nc(Cc2cccc(Cl)c2F)nc(C2CC2)c1I. The molecule has 0 aliphatic heterocycles. The minimum Gasteiger partial charge on any atom is -0.383 e. The van der Waals surface area contributed by atoms with Crippen LogP contribution in [0.25, 0.3) is 0 Å². The van der Waals surface area contributed by atoms with Crippen molar-refractivity contribution < 1.29 is 4.39 Å². The number of anilines is 1. The normalized spacial score (nSPS) is 14.6. The maximum absolute atomic E-state index is 13.9. The second kappa shape index (κ2) is 5.44. The molecular formula is C14H12ClFIN3. The zero-order valence-corrected chi connectivity index (χ0v) is 13.4. The molecular weight excluding hydrogens is 392 g/mol. The molecule has 1 aromatic heterocycles. The predicted molar refractivity (Wildman–Crippen MR) is 85.4 cm³/mol. The summed E-state index contributed by atoms with van der Waals surface area (Å²) in [6.07, 6.45) is 2.57. The molecule has 1 saturated carbocycles. The van der Waals surface area contributed by atoms with Gasteiger partial charge in [-0.05, 0) is 47.1 Å². The van der Waals surface area contributed by atoms with Crippen LogP contribution in [0.5, 0.6) is 0 Å². The van der Waals surface area contributed by atoms with Gasteiger partial charge in [-0.3, -0.25) is 0 Å². The van der Waals surface area contributed by atoms with Crippen molar-refractivity contribution in [3.63, 3.8) is 0 Å². The highest BCUT2D eigenvalue weighted by Gasteiger charge is 2.29. The summed E-state index contributed by atoms with van der Waals surface area (Å²) in [4.78, 5) is 8.81. The second-order valence-corrected chi connectivity index (χ2v) is 6.37. The number of hydrogen-bond donors (Lipinski definition) is 1. The first kappa shape index (κ1) is 14.0. The van der Waals surface area contributed by atoms with E-state index in [2.05, 4.69) is 32.6 Å². The Balaban J connectivity index is 1.96. The van der Waals surface area contributed by atoms with E-state index < -0.39 is 5.82 Å². The zero-order chi connectivity index (χ0) is 14.3. The number of nitrogens with zero attached hydrogens (tertiary/aromatic N) is 2. The van der Waals surface area contributed by atoms with Crippen LogP contribution in [0, 0.1) is 9.39 Å². The summed E-state index contributed by atoms with van der Waals surface area (Å²) < 4.78 is 14.8. The van der Waals surface area contributed by atoms with E-state index in [1.54, 1.807) is 12.1 Å². The Kier molecular flexibility index (Phi) is 3.81. The molecule has 0 bridgehead atoms. The maximum Gasteiger partial charge on any atom is 0.145 e. The Morgan fingerprint density at radius 3 is 2.80 bits per heavy atom. The van der Waals surface area contributed by atoms with Crippen LogP contribution in [-0.4, -0.2) is 9.97 Å². The lowest BCUT2D eigenvalue weighted by Crippen LogP contribution is -2.08. The van der Waals surface area contributed by atoms with Gasteiger partial charge in [0.2, 0.25) is 0 Å². The van der Waals surface area contributed by atoms with E-state index >= 15 is 0 Å². The van der Waals surface area contributed by atoms with Gasteiger partial charge in [-0.15, -0.1) is 0 Å². The Labute approximate surface area is 134 Å². The Bertz CT molecular complexity index is 674. The number of halogens is 3. The average Bonchev–Trinajstić information content (AvgIpc) is 3.23. The van der Waals surface area contributed by atoms with E-state index in [9.17, 15) is 4.39 Å². The number of aromatic nitrogens is 2. The molecule has 2 N–H and O–H groups in total. The molecule has 1 heterocycles. The van der Waals surface area contributed by atoms with E-state index in [-0.39, 0.29) is 5.02 Å². The summed E-state index contributed by atoms with van der Waals surface area (Å²) in [7, 11) is 0. The largest absolute Gasteiger partial charge is 0.383 e. The van der Waals surface area contributed by atoms with Gasteiger partial charge in [-0.1, -0.05) is 23.7 Å². The Hall–Kier alpha value is -0.950. The van der Waals surface area contributed by atoms with Gasteiger partial charge in [-0.2, -0.15) is 0 Å². The van der Waals surface area contributed by atoms with Crippen molar-refractivity contribution >= 4 is 40.0 Å². The third-order valence-corrected chi connectivity index (χ3v) is 4.69. The molecule has 20 heavy (non-hydrogen) atoms. The zero-order valence-electron chi connectivity index (χ0n) is 10.5. The first-order valence-corrected chi connectivity index (χ1v) is 7.76. The molecule has 104 valence electrons. The third kappa shape index (κ3) is 2.74. The van der Waals surface area contributed by atoms with Crippen LogP contribution < -0.4 is 5.73 Å². The number of hydrogen-bond acceptors (Lipinski definition) is 3. The average molecular weight is 404 g/mol. The number of benzene rings is 1. The molecule has 1 aliphatic rings. The summed E-state index contributed by atoms with van der Waals surface area (Å²) in [6, 6.07) is 4.94. The molecule has 0 unspecified atom stereocenters. The molecule has 0 spiro atoms. The van der Waals surface area contributed by atoms with Gasteiger partial charge in [0.05, 0.1) is 14.3 Å². The topological polar surface area (TPSA) is 51.8 Å². The Morgan fingerprint density at radius 1 is 1.35 bits per heavy atom. The lowest BCUT2D eigenvalue weighted by atomic mass is 10.1. The van der Waals surface area contributed by atoms with Gasteiger partial charge in [0.15, 0.2) is 0 Å². The minimum atomic E-state index is -0.414. The van der Waals surface area contributed by atoms with Gasteiger partial charge < -0.3 is 5.73 Å². The van der Waals surface area contributed by atoms with E-state index in [0.717, 1.165) is 22.1 Å². The van der Waals surface area contributed by atoms with E-state index in [0.29, 0.717) is 29.5 Å². The van der Waals surface area contributed by atoms with Crippen molar-refractivity contribution in [3.05, 3.63) is 49.7 Å². The van der Waals surface area contributed by atoms with Crippen LogP contribution in [0.3, 0.4) is 0 Å². The van der Waals surface area contributed by atoms with Gasteiger partial charge in [-0.25, -0.2) is 14.4 Å². The molecule has 0 amide bonds. The molecule has 3 rings (SSSR count). The fourth-order valence-electron chi connectivity index (χ4n) is 2.09. The van der Waals surface area contributed by atoms with Crippen molar-refractivity contribution in [2.75, 3.05) is 5.73 Å². The lowest BCUT2D eigenvalue weighted by Gasteiger charge is -2.09. The standard InChI is InChI=1S/C14H12ClFIN3/c15-9-3-1-2-8(11(9)16)6-10-19-13(7-4-5-7)12(17)14(18)20-10/h1-3,7H,4-6H2,(H2,18,19,20). The van der Waals surface area contributed by atoms with E-state index in [1.165, 1.54) is 6.07 Å². The summed E-state index contributed by atoms with van der Waals surface area (Å²) >= 11 is 7.96. The van der Waals surface area contributed by atoms with Crippen LogP contribution in [0.15, 0.2) is 18.2 Å². The first-order chi connectivity index (χ1) is 9.56. The highest BCUT2D eigenvalue weighted by atomic mass is 127. The van der Waals surface area contributed by atoms with Crippen LogP contribution in [0.4, 0.5) is 10.2 Å². The monoisotopic (exact) mass is 403 g/mol. The van der Waals surface area contributed by atoms with Gasteiger partial charge in [0, 0.05) is 12.3 Å². The van der Waals surface area contributed by atoms with Crippen molar-refractivity contribution in [2.24, 2.45) is 0 Å². The van der Waals surface area contributed by atoms with Crippen molar-refractivity contribution in [1.29, 1.82) is 0 Å². The Morgan fingerprint density at radius 2 is 2.10 bits per heavy atom. The predicted octanol–water partition coefficient (Wildman–Crippen LogP) is 3.92. The maximum atomic E-state index is 13.9. The summed E-state index contributed by atoms with van der Waals surface area (Å²) in [5.41, 5.74) is 7.41. The highest BCUT2D eigenvalue weighted by Crippen LogP contribution is 2.42. The van der Waals surface area contributed by atoms with Crippen LogP contribution in [0.2, 0.25) is 5.02 Å². The summed E-state index contributed by atoms with van der Waals surface area (Å²) in [5, 5.41) is 0.114. The fraction of sp³-hybridized carbons (Fsp3) is 0.286. The van der Waals surface area contributed by atoms with Crippen LogP contribution >= 0.6 is 34.2 Å². The molecule has 0 radical (unpaired) electrons. The summed E-state index contributed by atoms with van der Waals surface area (Å²) in [6.45, 7) is 0. The molecule has 0 atom stereocenters. The van der Waals surface area contributed by atoms with E-state index in [4.69, 9.17) is 17.3 Å². The quantitative estimate of drug-likeness (QED) is 0.790. The molecule has 0 saturated heterocycles. The number of nitrogen functional groups attached to an aromatic ring is 1. The number of rotatable bonds is 3. The van der Waals surface area contributed by atoms with Crippen LogP contribution in [-0.2, 0) is 6.42 Å². The van der Waals surface area contributed by atoms with Crippen molar-refractivity contribution in [1.82, 2.24) is 9.97 Å². The molecule has 1 aliphatic carbocycles. The molecule has 2 aromatic rings. The number of nitrogens with two attached hydrogens (primary N) is 1. The molecule has 1 aromatic carbocycles.